The Morgan fingerprint density at radius 2 is 2.05 bits per heavy atom. The number of ether oxygens (including phenoxy) is 1. The van der Waals surface area contributed by atoms with Crippen molar-refractivity contribution in [1.29, 1.82) is 0 Å². The number of carbonyl (C=O) groups excluding carboxylic acids is 1. The van der Waals surface area contributed by atoms with Crippen LogP contribution < -0.4 is 10.6 Å². The topological polar surface area (TPSA) is 50.4 Å². The number of amides is 1. The SMILES string of the molecule is Cc1ccc(C2OCCCC2C(=O)NC2CCCNC2)cc1. The highest BCUT2D eigenvalue weighted by Crippen LogP contribution is 2.34. The van der Waals surface area contributed by atoms with Crippen molar-refractivity contribution in [2.45, 2.75) is 44.8 Å². The van der Waals surface area contributed by atoms with Gasteiger partial charge in [-0.25, -0.2) is 0 Å². The molecule has 0 spiro atoms. The number of aryl methyl sites for hydroxylation is 1. The summed E-state index contributed by atoms with van der Waals surface area (Å²) in [6.45, 7) is 4.76. The molecule has 0 saturated carbocycles. The number of benzene rings is 1. The number of piperidine rings is 1. The molecule has 0 bridgehead atoms. The van der Waals surface area contributed by atoms with Gasteiger partial charge in [-0.05, 0) is 44.7 Å². The van der Waals surface area contributed by atoms with Crippen LogP contribution in [0.3, 0.4) is 0 Å². The van der Waals surface area contributed by atoms with E-state index in [0.717, 1.165) is 50.9 Å². The maximum absolute atomic E-state index is 12.7. The van der Waals surface area contributed by atoms with Gasteiger partial charge in [-0.1, -0.05) is 29.8 Å². The summed E-state index contributed by atoms with van der Waals surface area (Å²) in [4.78, 5) is 12.7. The van der Waals surface area contributed by atoms with Gasteiger partial charge in [0.05, 0.1) is 12.0 Å². The highest BCUT2D eigenvalue weighted by molar-refractivity contribution is 5.80. The number of nitrogens with one attached hydrogen (secondary N) is 2. The van der Waals surface area contributed by atoms with Gasteiger partial charge in [-0.15, -0.1) is 0 Å². The minimum atomic E-state index is -0.106. The van der Waals surface area contributed by atoms with Crippen LogP contribution in [0.4, 0.5) is 0 Å². The maximum atomic E-state index is 12.7. The van der Waals surface area contributed by atoms with E-state index in [4.69, 9.17) is 4.74 Å². The molecule has 2 fully saturated rings. The van der Waals surface area contributed by atoms with Crippen molar-refractivity contribution < 1.29 is 9.53 Å². The van der Waals surface area contributed by atoms with Crippen LogP contribution in [-0.2, 0) is 9.53 Å². The zero-order valence-electron chi connectivity index (χ0n) is 13.3. The van der Waals surface area contributed by atoms with Gasteiger partial charge in [0.25, 0.3) is 0 Å². The summed E-state index contributed by atoms with van der Waals surface area (Å²) in [5, 5.41) is 6.56. The number of hydrogen-bond donors (Lipinski definition) is 2. The van der Waals surface area contributed by atoms with Crippen molar-refractivity contribution in [3.05, 3.63) is 35.4 Å². The van der Waals surface area contributed by atoms with E-state index >= 15 is 0 Å². The lowest BCUT2D eigenvalue weighted by molar-refractivity contribution is -0.135. The quantitative estimate of drug-likeness (QED) is 0.901. The molecular formula is C18H26N2O2. The van der Waals surface area contributed by atoms with Crippen molar-refractivity contribution in [2.75, 3.05) is 19.7 Å². The lowest BCUT2D eigenvalue weighted by Gasteiger charge is -2.33. The van der Waals surface area contributed by atoms with E-state index in [1.165, 1.54) is 5.56 Å². The molecule has 2 aliphatic heterocycles. The molecule has 3 rings (SSSR count). The molecule has 1 aromatic carbocycles. The Kier molecular flexibility index (Phi) is 5.11. The zero-order valence-corrected chi connectivity index (χ0v) is 13.3. The van der Waals surface area contributed by atoms with Gasteiger partial charge >= 0.3 is 0 Å². The molecular weight excluding hydrogens is 276 g/mol. The fourth-order valence-electron chi connectivity index (χ4n) is 3.42. The summed E-state index contributed by atoms with van der Waals surface area (Å²) >= 11 is 0. The lowest BCUT2D eigenvalue weighted by atomic mass is 9.88. The molecule has 4 heteroatoms. The highest BCUT2D eigenvalue weighted by atomic mass is 16.5. The van der Waals surface area contributed by atoms with Gasteiger partial charge < -0.3 is 15.4 Å². The fourth-order valence-corrected chi connectivity index (χ4v) is 3.42. The third-order valence-electron chi connectivity index (χ3n) is 4.71. The molecule has 2 heterocycles. The monoisotopic (exact) mass is 302 g/mol. The average molecular weight is 302 g/mol. The summed E-state index contributed by atoms with van der Waals surface area (Å²) in [6.07, 6.45) is 3.97. The number of rotatable bonds is 3. The number of hydrogen-bond acceptors (Lipinski definition) is 3. The molecule has 120 valence electrons. The lowest BCUT2D eigenvalue weighted by Crippen LogP contribution is -2.49. The molecule has 0 radical (unpaired) electrons. The van der Waals surface area contributed by atoms with Crippen molar-refractivity contribution in [3.8, 4) is 0 Å². The van der Waals surface area contributed by atoms with Gasteiger partial charge in [-0.3, -0.25) is 4.79 Å². The molecule has 1 aromatic rings. The Morgan fingerprint density at radius 3 is 2.77 bits per heavy atom. The number of carbonyl (C=O) groups is 1. The molecule has 4 nitrogen and oxygen atoms in total. The van der Waals surface area contributed by atoms with Gasteiger partial charge in [-0.2, -0.15) is 0 Å². The fraction of sp³-hybridized carbons (Fsp3) is 0.611. The van der Waals surface area contributed by atoms with Crippen LogP contribution >= 0.6 is 0 Å². The Bertz CT molecular complexity index is 494. The summed E-state index contributed by atoms with van der Waals surface area (Å²) < 4.78 is 5.95. The summed E-state index contributed by atoms with van der Waals surface area (Å²) in [7, 11) is 0. The second kappa shape index (κ2) is 7.25. The molecule has 22 heavy (non-hydrogen) atoms. The van der Waals surface area contributed by atoms with Crippen LogP contribution in [0.5, 0.6) is 0 Å². The normalized spacial score (nSPS) is 29.0. The predicted molar refractivity (Wildman–Crippen MR) is 86.6 cm³/mol. The van der Waals surface area contributed by atoms with Gasteiger partial charge in [0.1, 0.15) is 0 Å². The van der Waals surface area contributed by atoms with E-state index in [1.54, 1.807) is 0 Å². The van der Waals surface area contributed by atoms with E-state index in [9.17, 15) is 4.79 Å². The molecule has 2 N–H and O–H groups in total. The molecule has 0 aromatic heterocycles. The van der Waals surface area contributed by atoms with Crippen LogP contribution in [0.15, 0.2) is 24.3 Å². The second-order valence-corrected chi connectivity index (χ2v) is 6.50. The minimum absolute atomic E-state index is 0.0709. The third-order valence-corrected chi connectivity index (χ3v) is 4.71. The van der Waals surface area contributed by atoms with Crippen LogP contribution in [0.2, 0.25) is 0 Å². The first kappa shape index (κ1) is 15.5. The standard InChI is InChI=1S/C18H26N2O2/c1-13-6-8-14(9-7-13)17-16(5-3-11-22-17)18(21)20-15-4-2-10-19-12-15/h6-9,15-17,19H,2-5,10-12H2,1H3,(H,20,21). The first-order valence-electron chi connectivity index (χ1n) is 8.43. The van der Waals surface area contributed by atoms with Crippen LogP contribution in [0.1, 0.15) is 42.9 Å². The minimum Gasteiger partial charge on any atom is -0.373 e. The average Bonchev–Trinajstić information content (AvgIpc) is 2.56. The maximum Gasteiger partial charge on any atom is 0.226 e. The van der Waals surface area contributed by atoms with Gasteiger partial charge in [0.2, 0.25) is 5.91 Å². The first-order valence-corrected chi connectivity index (χ1v) is 8.43. The van der Waals surface area contributed by atoms with Crippen molar-refractivity contribution in [1.82, 2.24) is 10.6 Å². The molecule has 3 unspecified atom stereocenters. The third kappa shape index (κ3) is 3.68. The molecule has 0 aliphatic carbocycles. The van der Waals surface area contributed by atoms with Gasteiger partial charge in [0.15, 0.2) is 0 Å². The molecule has 2 saturated heterocycles. The van der Waals surface area contributed by atoms with Crippen molar-refractivity contribution in [3.63, 3.8) is 0 Å². The van der Waals surface area contributed by atoms with E-state index in [2.05, 4.69) is 41.8 Å². The largest absolute Gasteiger partial charge is 0.373 e. The second-order valence-electron chi connectivity index (χ2n) is 6.50. The van der Waals surface area contributed by atoms with Crippen LogP contribution in [0.25, 0.3) is 0 Å². The van der Waals surface area contributed by atoms with E-state index in [-0.39, 0.29) is 24.0 Å². The summed E-state index contributed by atoms with van der Waals surface area (Å²) in [6, 6.07) is 8.63. The molecule has 1 amide bonds. The smallest absolute Gasteiger partial charge is 0.226 e. The van der Waals surface area contributed by atoms with Crippen molar-refractivity contribution in [2.24, 2.45) is 5.92 Å². The Balaban J connectivity index is 1.68. The Labute approximate surface area is 132 Å². The zero-order chi connectivity index (χ0) is 15.4. The van der Waals surface area contributed by atoms with Crippen LogP contribution in [0, 0.1) is 12.8 Å². The van der Waals surface area contributed by atoms with Crippen molar-refractivity contribution >= 4 is 5.91 Å². The van der Waals surface area contributed by atoms with E-state index in [1.807, 2.05) is 0 Å². The first-order chi connectivity index (χ1) is 10.7. The summed E-state index contributed by atoms with van der Waals surface area (Å²) in [5.74, 6) is 0.0809. The van der Waals surface area contributed by atoms with E-state index in [0.29, 0.717) is 0 Å². The Morgan fingerprint density at radius 1 is 1.23 bits per heavy atom. The molecule has 2 aliphatic rings. The van der Waals surface area contributed by atoms with Crippen LogP contribution in [-0.4, -0.2) is 31.6 Å². The molecule has 3 atom stereocenters. The summed E-state index contributed by atoms with van der Waals surface area (Å²) in [5.41, 5.74) is 2.35. The Hall–Kier alpha value is -1.39. The van der Waals surface area contributed by atoms with E-state index < -0.39 is 0 Å². The highest BCUT2D eigenvalue weighted by Gasteiger charge is 2.34. The predicted octanol–water partition coefficient (Wildman–Crippen LogP) is 2.33. The van der Waals surface area contributed by atoms with Gasteiger partial charge in [0, 0.05) is 19.2 Å².